The van der Waals surface area contributed by atoms with Crippen LogP contribution in [0, 0.1) is 0 Å². The van der Waals surface area contributed by atoms with Crippen molar-refractivity contribution in [1.82, 2.24) is 0 Å². The molecule has 0 radical (unpaired) electrons. The van der Waals surface area contributed by atoms with Crippen molar-refractivity contribution < 1.29 is 25.9 Å². The zero-order valence-corrected chi connectivity index (χ0v) is 61.6. The van der Waals surface area contributed by atoms with Gasteiger partial charge in [-0.15, -0.1) is 0 Å². The molecule has 0 saturated carbocycles. The molecule has 0 aliphatic carbocycles. The van der Waals surface area contributed by atoms with E-state index in [1.165, 1.54) is 281 Å². The van der Waals surface area contributed by atoms with Crippen LogP contribution in [0.1, 0.15) is 358 Å². The van der Waals surface area contributed by atoms with Gasteiger partial charge in [0.2, 0.25) is 0 Å². The minimum Gasteiger partial charge on any atom is -0.744 e. The number of hydrogen-bond donors (Lipinski definition) is 0. The van der Waals surface area contributed by atoms with Crippen LogP contribution in [-0.4, -0.2) is 74.8 Å². The van der Waals surface area contributed by atoms with Crippen LogP contribution in [0.2, 0.25) is 0 Å². The Morgan fingerprint density at radius 3 is 0.671 bits per heavy atom. The molecule has 0 amide bonds. The van der Waals surface area contributed by atoms with Gasteiger partial charge in [0.25, 0.3) is 0 Å². The van der Waals surface area contributed by atoms with E-state index in [0.717, 1.165) is 86.1 Å². The molecule has 0 N–H and O–H groups in total. The molecular weight excluding hydrogens is 1210 g/mol. The molecule has 480 valence electrons. The average molecular weight is 1340 g/mol. The van der Waals surface area contributed by atoms with Gasteiger partial charge < -0.3 is 9.11 Å². The summed E-state index contributed by atoms with van der Waals surface area (Å²) in [4.78, 5) is -0.0732. The van der Waals surface area contributed by atoms with E-state index in [0.29, 0.717) is 10.8 Å². The molecule has 4 aromatic carbocycles. The molecule has 0 heterocycles. The first kappa shape index (κ1) is 79.9. The van der Waals surface area contributed by atoms with Gasteiger partial charge in [0.05, 0.1) is 9.79 Å². The van der Waals surface area contributed by atoms with Crippen molar-refractivity contribution in [2.75, 3.05) is 0 Å². The first-order valence-corrected chi connectivity index (χ1v) is 38.8. The molecule has 4 aromatic rings. The van der Waals surface area contributed by atoms with Crippen molar-refractivity contribution in [2.45, 2.75) is 371 Å². The van der Waals surface area contributed by atoms with Crippen LogP contribution in [0.15, 0.2) is 70.5 Å². The summed E-state index contributed by atoms with van der Waals surface area (Å²) in [6, 6.07) is 19.3. The number of hydrogen-bond acceptors (Lipinski definition) is 6. The van der Waals surface area contributed by atoms with Crippen LogP contribution in [0.3, 0.4) is 0 Å². The van der Waals surface area contributed by atoms with Crippen molar-refractivity contribution in [3.8, 4) is 0 Å². The van der Waals surface area contributed by atoms with Crippen LogP contribution in [0.25, 0.3) is 21.5 Å². The Morgan fingerprint density at radius 1 is 0.259 bits per heavy atom. The summed E-state index contributed by atoms with van der Waals surface area (Å²) >= 11 is 0. The molecule has 0 bridgehead atoms. The standard InChI is InChI=1S/2C38H64O3S.Ba/c2*1-3-5-7-9-11-13-15-17-19-21-23-25-28-34-32-37-35(30-27-31-36(37)38(33-34)42(39,40)41)29-26-24-22-20-18-16-14-12-10-8-6-4-2;/h2*27,30-33H,3-26,28-29H2,1-2H3,(H,39,40,41);/q;;+2/p-2. The largest absolute Gasteiger partial charge is 2.00 e. The molecule has 0 atom stereocenters. The number of fused-ring (bicyclic) bond motifs is 2. The summed E-state index contributed by atoms with van der Waals surface area (Å²) in [7, 11) is -9.04. The summed E-state index contributed by atoms with van der Waals surface area (Å²) in [6.45, 7) is 9.07. The van der Waals surface area contributed by atoms with Gasteiger partial charge in [0.15, 0.2) is 0 Å². The van der Waals surface area contributed by atoms with E-state index >= 15 is 0 Å². The van der Waals surface area contributed by atoms with Gasteiger partial charge in [-0.2, -0.15) is 0 Å². The molecule has 4 rings (SSSR count). The Balaban J connectivity index is 0.000000573. The third kappa shape index (κ3) is 38.3. The zero-order chi connectivity index (χ0) is 60.6. The maximum Gasteiger partial charge on any atom is 2.00 e. The Labute approximate surface area is 565 Å². The van der Waals surface area contributed by atoms with Gasteiger partial charge in [-0.05, 0) is 107 Å². The third-order valence-electron chi connectivity index (χ3n) is 18.0. The SMILES string of the molecule is CCCCCCCCCCCCCCc1cc(S(=O)(=O)[O-])c2cccc(CCCCCCCCCCCCCC)c2c1.CCCCCCCCCCCCCCc1cc(S(=O)(=O)[O-])c2cccc(CCCCCCCCCCCCCC)c2c1.[Ba+2]. The monoisotopic (exact) mass is 1340 g/mol. The van der Waals surface area contributed by atoms with Crippen molar-refractivity contribution >= 4 is 90.7 Å². The van der Waals surface area contributed by atoms with E-state index < -0.39 is 20.2 Å². The molecule has 0 aromatic heterocycles. The van der Waals surface area contributed by atoms with Crippen LogP contribution in [0.5, 0.6) is 0 Å². The second-order valence-electron chi connectivity index (χ2n) is 25.7. The van der Waals surface area contributed by atoms with Gasteiger partial charge in [0, 0.05) is 0 Å². The fourth-order valence-corrected chi connectivity index (χ4v) is 14.2. The number of aryl methyl sites for hydroxylation is 4. The zero-order valence-electron chi connectivity index (χ0n) is 55.5. The Hall–Kier alpha value is -1.21. The van der Waals surface area contributed by atoms with Crippen molar-refractivity contribution in [1.29, 1.82) is 0 Å². The molecule has 0 fully saturated rings. The van der Waals surface area contributed by atoms with E-state index in [2.05, 4.69) is 52.0 Å². The minimum atomic E-state index is -4.52. The first-order valence-electron chi connectivity index (χ1n) is 35.9. The first-order chi connectivity index (χ1) is 40.9. The van der Waals surface area contributed by atoms with Crippen LogP contribution in [-0.2, 0) is 45.9 Å². The number of unbranched alkanes of at least 4 members (excludes halogenated alkanes) is 44. The van der Waals surface area contributed by atoms with Gasteiger partial charge >= 0.3 is 48.9 Å². The second-order valence-corrected chi connectivity index (χ2v) is 28.4. The molecule has 0 aliphatic heterocycles. The van der Waals surface area contributed by atoms with E-state index in [1.54, 1.807) is 24.3 Å². The van der Waals surface area contributed by atoms with Gasteiger partial charge in [-0.3, -0.25) is 0 Å². The number of benzene rings is 4. The van der Waals surface area contributed by atoms with Crippen molar-refractivity contribution in [3.05, 3.63) is 82.9 Å². The molecule has 9 heteroatoms. The normalized spacial score (nSPS) is 11.8. The molecular formula is C76H126BaO6S2. The van der Waals surface area contributed by atoms with Gasteiger partial charge in [-0.25, -0.2) is 16.8 Å². The maximum atomic E-state index is 12.2. The fraction of sp³-hybridized carbons (Fsp3) is 0.737. The summed E-state index contributed by atoms with van der Waals surface area (Å²) in [6.07, 6.45) is 66.5. The molecule has 0 aliphatic rings. The van der Waals surface area contributed by atoms with Gasteiger partial charge in [0.1, 0.15) is 20.2 Å². The predicted molar refractivity (Wildman–Crippen MR) is 369 cm³/mol. The van der Waals surface area contributed by atoms with Crippen molar-refractivity contribution in [2.24, 2.45) is 0 Å². The number of rotatable bonds is 54. The molecule has 85 heavy (non-hydrogen) atoms. The fourth-order valence-electron chi connectivity index (χ4n) is 12.7. The van der Waals surface area contributed by atoms with Crippen LogP contribution in [0.4, 0.5) is 0 Å². The van der Waals surface area contributed by atoms with E-state index in [4.69, 9.17) is 0 Å². The Kier molecular flexibility index (Phi) is 49.3. The predicted octanol–water partition coefficient (Wildman–Crippen LogP) is 24.1. The van der Waals surface area contributed by atoms with Crippen LogP contribution >= 0.6 is 0 Å². The van der Waals surface area contributed by atoms with Crippen LogP contribution < -0.4 is 0 Å². The molecule has 0 spiro atoms. The van der Waals surface area contributed by atoms with E-state index in [1.807, 2.05) is 12.1 Å². The van der Waals surface area contributed by atoms with Gasteiger partial charge in [-0.1, -0.05) is 359 Å². The van der Waals surface area contributed by atoms with E-state index in [-0.39, 0.29) is 58.7 Å². The average Bonchev–Trinajstić information content (AvgIpc) is 1.85. The molecule has 6 nitrogen and oxygen atoms in total. The third-order valence-corrected chi connectivity index (χ3v) is 19.7. The smallest absolute Gasteiger partial charge is 0.744 e. The summed E-state index contributed by atoms with van der Waals surface area (Å²) in [5.41, 5.74) is 4.35. The Bertz CT molecular complexity index is 2300. The minimum absolute atomic E-state index is 0. The molecule has 0 unspecified atom stereocenters. The quantitative estimate of drug-likeness (QED) is 0.0247. The molecule has 0 saturated heterocycles. The summed E-state index contributed by atoms with van der Waals surface area (Å²) in [5.74, 6) is 0. The summed E-state index contributed by atoms with van der Waals surface area (Å²) in [5, 5.41) is 3.12. The van der Waals surface area contributed by atoms with E-state index in [9.17, 15) is 25.9 Å². The van der Waals surface area contributed by atoms with Crippen molar-refractivity contribution in [3.63, 3.8) is 0 Å². The maximum absolute atomic E-state index is 12.2. The topological polar surface area (TPSA) is 114 Å². The summed E-state index contributed by atoms with van der Waals surface area (Å²) < 4.78 is 73.2. The Morgan fingerprint density at radius 2 is 0.459 bits per heavy atom. The second kappa shape index (κ2) is 52.4.